The van der Waals surface area contributed by atoms with Gasteiger partial charge in [0, 0.05) is 16.8 Å². The number of allylic oxidation sites excluding steroid dienone is 8. The van der Waals surface area contributed by atoms with Gasteiger partial charge in [0.2, 0.25) is 0 Å². The van der Waals surface area contributed by atoms with Crippen molar-refractivity contribution in [2.75, 3.05) is 4.90 Å². The van der Waals surface area contributed by atoms with Crippen LogP contribution in [0.4, 0.5) is 11.4 Å². The highest BCUT2D eigenvalue weighted by molar-refractivity contribution is 6.16. The van der Waals surface area contributed by atoms with Crippen molar-refractivity contribution >= 4 is 43.7 Å². The quantitative estimate of drug-likeness (QED) is 0.175. The molecule has 0 aromatic heterocycles. The number of hydrogen-bond donors (Lipinski definition) is 0. The minimum absolute atomic E-state index is 0.810. The van der Waals surface area contributed by atoms with Gasteiger partial charge in [0.15, 0.2) is 0 Å². The van der Waals surface area contributed by atoms with Gasteiger partial charge in [-0.15, -0.1) is 0 Å². The molecule has 0 unspecified atom stereocenters. The van der Waals surface area contributed by atoms with Crippen LogP contribution >= 0.6 is 0 Å². The van der Waals surface area contributed by atoms with E-state index in [1.54, 1.807) is 0 Å². The molecule has 0 bridgehead atoms. The predicted octanol–water partition coefficient (Wildman–Crippen LogP) is 13.1. The minimum atomic E-state index is 0.810. The summed E-state index contributed by atoms with van der Waals surface area (Å²) < 4.78 is 0. The van der Waals surface area contributed by atoms with Crippen molar-refractivity contribution < 1.29 is 0 Å². The maximum Gasteiger partial charge on any atom is 0.0546 e. The molecule has 0 N–H and O–H groups in total. The van der Waals surface area contributed by atoms with Crippen molar-refractivity contribution in [1.29, 1.82) is 0 Å². The zero-order chi connectivity index (χ0) is 32.3. The molecule has 1 heteroatoms. The molecule has 0 heterocycles. The third kappa shape index (κ3) is 5.79. The second kappa shape index (κ2) is 12.9. The van der Waals surface area contributed by atoms with Gasteiger partial charge >= 0.3 is 0 Å². The number of nitrogens with zero attached hydrogens (tertiary/aromatic N) is 1. The molecule has 0 atom stereocenters. The third-order valence-corrected chi connectivity index (χ3v) is 9.12. The lowest BCUT2D eigenvalue weighted by molar-refractivity contribution is 1.19. The molecular formula is C47H35N. The molecule has 1 aliphatic carbocycles. The molecule has 1 nitrogen and oxygen atoms in total. The van der Waals surface area contributed by atoms with Crippen LogP contribution < -0.4 is 4.90 Å². The second-order valence-electron chi connectivity index (χ2n) is 12.3. The van der Waals surface area contributed by atoms with Crippen LogP contribution in [0.25, 0.3) is 54.6 Å². The average Bonchev–Trinajstić information content (AvgIpc) is 3.15. The van der Waals surface area contributed by atoms with Gasteiger partial charge in [-0.1, -0.05) is 158 Å². The maximum absolute atomic E-state index is 4.28. The van der Waals surface area contributed by atoms with Crippen LogP contribution in [0.2, 0.25) is 0 Å². The lowest BCUT2D eigenvalue weighted by Gasteiger charge is -2.29. The van der Waals surface area contributed by atoms with Gasteiger partial charge in [0.25, 0.3) is 0 Å². The Morgan fingerprint density at radius 1 is 0.458 bits per heavy atom. The Bertz CT molecular complexity index is 2420. The Morgan fingerprint density at radius 2 is 1.12 bits per heavy atom. The molecule has 0 saturated heterocycles. The summed E-state index contributed by atoms with van der Waals surface area (Å²) in [5.41, 5.74) is 9.14. The number of fused-ring (bicyclic) bond motifs is 4. The van der Waals surface area contributed by atoms with Crippen molar-refractivity contribution in [1.82, 2.24) is 0 Å². The summed E-state index contributed by atoms with van der Waals surface area (Å²) in [7, 11) is 0. The molecule has 228 valence electrons. The Balaban J connectivity index is 1.42. The Labute approximate surface area is 282 Å². The zero-order valence-electron chi connectivity index (χ0n) is 26.8. The van der Waals surface area contributed by atoms with Crippen LogP contribution in [0.1, 0.15) is 6.42 Å². The molecule has 0 radical (unpaired) electrons. The molecule has 0 aliphatic heterocycles. The van der Waals surface area contributed by atoms with E-state index < -0.39 is 0 Å². The molecule has 0 saturated carbocycles. The molecule has 0 fully saturated rings. The van der Waals surface area contributed by atoms with Crippen molar-refractivity contribution in [3.63, 3.8) is 0 Å². The average molecular weight is 614 g/mol. The van der Waals surface area contributed by atoms with E-state index in [4.69, 9.17) is 0 Å². The summed E-state index contributed by atoms with van der Waals surface area (Å²) >= 11 is 0. The standard InChI is InChI=1S/C47H35N/c1-34-14-6-2-3-11-21-42(27-22-34)48(43-28-25-37-19-12-13-20-38(37)30-43)47-33-41-24-23-39(35-15-7-4-8-16-35)31-45(41)46-32-40(26-29-44(46)47)36-17-9-5-10-18-36/h2-10,12-33H,1,11H2/b3-2-,14-6-,27-22-,42-21+. The Hall–Kier alpha value is -6.18. The molecule has 48 heavy (non-hydrogen) atoms. The first-order valence-electron chi connectivity index (χ1n) is 16.5. The van der Waals surface area contributed by atoms with Gasteiger partial charge < -0.3 is 4.90 Å². The van der Waals surface area contributed by atoms with Crippen molar-refractivity contribution in [2.24, 2.45) is 0 Å². The summed E-state index contributed by atoms with van der Waals surface area (Å²) in [6.07, 6.45) is 15.8. The predicted molar refractivity (Wildman–Crippen MR) is 208 cm³/mol. The monoisotopic (exact) mass is 613 g/mol. The number of benzene rings is 7. The van der Waals surface area contributed by atoms with Crippen LogP contribution in [0.15, 0.2) is 206 Å². The van der Waals surface area contributed by atoms with E-state index in [2.05, 4.69) is 200 Å². The molecule has 0 spiro atoms. The van der Waals surface area contributed by atoms with Crippen molar-refractivity contribution in [3.8, 4) is 22.3 Å². The smallest absolute Gasteiger partial charge is 0.0546 e. The highest BCUT2D eigenvalue weighted by Crippen LogP contribution is 2.43. The van der Waals surface area contributed by atoms with Gasteiger partial charge in [-0.05, 0) is 97.6 Å². The highest BCUT2D eigenvalue weighted by atomic mass is 15.1. The molecular weight excluding hydrogens is 579 g/mol. The second-order valence-corrected chi connectivity index (χ2v) is 12.3. The normalized spacial score (nSPS) is 16.3. The Kier molecular flexibility index (Phi) is 7.86. The highest BCUT2D eigenvalue weighted by Gasteiger charge is 2.19. The minimum Gasteiger partial charge on any atom is -0.310 e. The first-order chi connectivity index (χ1) is 23.7. The Morgan fingerprint density at radius 3 is 1.90 bits per heavy atom. The summed E-state index contributed by atoms with van der Waals surface area (Å²) in [5, 5.41) is 7.29. The first-order valence-corrected chi connectivity index (χ1v) is 16.5. The van der Waals surface area contributed by atoms with Crippen LogP contribution in [0, 0.1) is 0 Å². The maximum atomic E-state index is 4.28. The lowest BCUT2D eigenvalue weighted by atomic mass is 9.93. The molecule has 7 aromatic rings. The van der Waals surface area contributed by atoms with Crippen molar-refractivity contribution in [3.05, 3.63) is 206 Å². The molecule has 1 aliphatic rings. The summed E-state index contributed by atoms with van der Waals surface area (Å²) in [5.74, 6) is 0. The van der Waals surface area contributed by atoms with Crippen molar-refractivity contribution in [2.45, 2.75) is 6.42 Å². The van der Waals surface area contributed by atoms with E-state index in [-0.39, 0.29) is 0 Å². The summed E-state index contributed by atoms with van der Waals surface area (Å²) in [6.45, 7) is 4.28. The molecule has 0 amide bonds. The van der Waals surface area contributed by atoms with Crippen LogP contribution in [-0.4, -0.2) is 0 Å². The number of hydrogen-bond acceptors (Lipinski definition) is 1. The molecule has 8 rings (SSSR count). The zero-order valence-corrected chi connectivity index (χ0v) is 26.8. The van der Waals surface area contributed by atoms with Gasteiger partial charge in [0.05, 0.1) is 5.69 Å². The van der Waals surface area contributed by atoms with E-state index in [1.165, 1.54) is 54.6 Å². The van der Waals surface area contributed by atoms with Gasteiger partial charge in [-0.3, -0.25) is 0 Å². The molecule has 7 aromatic carbocycles. The number of anilines is 2. The van der Waals surface area contributed by atoms with E-state index in [0.29, 0.717) is 0 Å². The van der Waals surface area contributed by atoms with Gasteiger partial charge in [-0.25, -0.2) is 0 Å². The first kappa shape index (κ1) is 29.2. The van der Waals surface area contributed by atoms with Gasteiger partial charge in [0.1, 0.15) is 0 Å². The van der Waals surface area contributed by atoms with E-state index in [9.17, 15) is 0 Å². The van der Waals surface area contributed by atoms with E-state index >= 15 is 0 Å². The lowest BCUT2D eigenvalue weighted by Crippen LogP contribution is -2.16. The van der Waals surface area contributed by atoms with Crippen LogP contribution in [-0.2, 0) is 0 Å². The third-order valence-electron chi connectivity index (χ3n) is 9.12. The van der Waals surface area contributed by atoms with Crippen LogP contribution in [0.3, 0.4) is 0 Å². The topological polar surface area (TPSA) is 3.24 Å². The fourth-order valence-electron chi connectivity index (χ4n) is 6.69. The number of rotatable bonds is 5. The van der Waals surface area contributed by atoms with E-state index in [1.807, 2.05) is 0 Å². The SMILES string of the molecule is C=C1/C=C\C=C/C/C=C(N(c2ccc3ccccc3c2)c2cc3ccc(-c4ccccc4)cc3c3cc(-c4ccccc4)ccc23)\C=C/1. The fourth-order valence-corrected chi connectivity index (χ4v) is 6.69. The fraction of sp³-hybridized carbons (Fsp3) is 0.0213. The summed E-state index contributed by atoms with van der Waals surface area (Å²) in [4.78, 5) is 2.42. The summed E-state index contributed by atoms with van der Waals surface area (Å²) in [6, 6.07) is 52.9. The largest absolute Gasteiger partial charge is 0.310 e. The van der Waals surface area contributed by atoms with Gasteiger partial charge in [-0.2, -0.15) is 0 Å². The van der Waals surface area contributed by atoms with Crippen LogP contribution in [0.5, 0.6) is 0 Å². The van der Waals surface area contributed by atoms with E-state index in [0.717, 1.165) is 29.1 Å².